The number of nitrogens with one attached hydrogen (secondary N) is 1. The lowest BCUT2D eigenvalue weighted by atomic mass is 9.80. The predicted octanol–water partition coefficient (Wildman–Crippen LogP) is 4.77. The number of allylic oxidation sites excluding steroid dienone is 1. The Bertz CT molecular complexity index is 1060. The number of esters is 1. The summed E-state index contributed by atoms with van der Waals surface area (Å²) in [6, 6.07) is 8.88. The van der Waals surface area contributed by atoms with E-state index in [1.807, 2.05) is 62.4 Å². The van der Waals surface area contributed by atoms with Crippen LogP contribution in [0.3, 0.4) is 0 Å². The monoisotopic (exact) mass is 538 g/mol. The predicted molar refractivity (Wildman–Crippen MR) is 149 cm³/mol. The molecule has 1 aromatic carbocycles. The fraction of sp³-hybridized carbons (Fsp3) is 0.581. The van der Waals surface area contributed by atoms with E-state index in [9.17, 15) is 19.5 Å². The molecule has 3 aliphatic heterocycles. The molecule has 8 heteroatoms. The Morgan fingerprint density at radius 2 is 2.03 bits per heavy atom. The maximum absolute atomic E-state index is 13.6. The maximum atomic E-state index is 13.6. The van der Waals surface area contributed by atoms with Gasteiger partial charge in [0.15, 0.2) is 5.72 Å². The van der Waals surface area contributed by atoms with Gasteiger partial charge >= 0.3 is 12.0 Å². The number of ether oxygens (including phenoxy) is 2. The Kier molecular flexibility index (Phi) is 9.97. The summed E-state index contributed by atoms with van der Waals surface area (Å²) in [6.07, 6.45) is 12.0. The smallest absolute Gasteiger partial charge is 0.320 e. The van der Waals surface area contributed by atoms with Crippen LogP contribution in [0.15, 0.2) is 48.6 Å². The molecule has 3 aliphatic rings. The number of hydrogen-bond acceptors (Lipinski definition) is 6. The van der Waals surface area contributed by atoms with Crippen LogP contribution in [0.2, 0.25) is 0 Å². The van der Waals surface area contributed by atoms with E-state index < -0.39 is 17.7 Å². The number of ketones is 1. The minimum Gasteiger partial charge on any atom is -0.461 e. The molecule has 1 spiro atoms. The van der Waals surface area contributed by atoms with Crippen molar-refractivity contribution in [1.82, 2.24) is 10.2 Å². The minimum atomic E-state index is -1.10. The summed E-state index contributed by atoms with van der Waals surface area (Å²) in [7, 11) is 0. The van der Waals surface area contributed by atoms with Crippen LogP contribution in [0, 0.1) is 5.92 Å². The van der Waals surface area contributed by atoms with E-state index in [0.29, 0.717) is 38.5 Å². The number of Topliss-reactive ketones (excluding diaryl/α,β-unsaturated/α-hetero) is 1. The van der Waals surface area contributed by atoms with Crippen LogP contribution in [-0.2, 0) is 19.1 Å². The van der Waals surface area contributed by atoms with E-state index in [1.165, 1.54) is 0 Å². The first kappa shape index (κ1) is 29.0. The van der Waals surface area contributed by atoms with Gasteiger partial charge in [-0.15, -0.1) is 0 Å². The van der Waals surface area contributed by atoms with Crippen LogP contribution >= 0.6 is 0 Å². The number of aliphatic hydroxyl groups is 1. The number of urea groups is 1. The van der Waals surface area contributed by atoms with E-state index in [2.05, 4.69) is 5.32 Å². The van der Waals surface area contributed by atoms with Crippen molar-refractivity contribution in [3.63, 3.8) is 0 Å². The van der Waals surface area contributed by atoms with E-state index in [4.69, 9.17) is 9.47 Å². The number of carbonyl (C=O) groups is 3. The summed E-state index contributed by atoms with van der Waals surface area (Å²) < 4.78 is 12.1. The van der Waals surface area contributed by atoms with Crippen LogP contribution in [0.5, 0.6) is 0 Å². The van der Waals surface area contributed by atoms with Crippen LogP contribution in [0.25, 0.3) is 6.08 Å². The fourth-order valence-corrected chi connectivity index (χ4v) is 6.15. The van der Waals surface area contributed by atoms with Crippen LogP contribution < -0.4 is 5.32 Å². The quantitative estimate of drug-likeness (QED) is 0.311. The van der Waals surface area contributed by atoms with Gasteiger partial charge in [-0.25, -0.2) is 4.79 Å². The van der Waals surface area contributed by atoms with Gasteiger partial charge in [-0.1, -0.05) is 55.5 Å². The Morgan fingerprint density at radius 3 is 2.77 bits per heavy atom. The second-order valence-corrected chi connectivity index (χ2v) is 11.0. The molecule has 0 bridgehead atoms. The summed E-state index contributed by atoms with van der Waals surface area (Å²) >= 11 is 0. The zero-order valence-corrected chi connectivity index (χ0v) is 23.1. The lowest BCUT2D eigenvalue weighted by molar-refractivity contribution is -0.203. The first-order valence-electron chi connectivity index (χ1n) is 14.4. The molecule has 3 saturated heterocycles. The highest BCUT2D eigenvalue weighted by Gasteiger charge is 2.60. The van der Waals surface area contributed by atoms with Gasteiger partial charge in [0, 0.05) is 18.9 Å². The Morgan fingerprint density at radius 1 is 1.23 bits per heavy atom. The van der Waals surface area contributed by atoms with E-state index in [1.54, 1.807) is 11.0 Å². The summed E-state index contributed by atoms with van der Waals surface area (Å²) in [6.45, 7) is 3.99. The normalized spacial score (nSPS) is 29.5. The van der Waals surface area contributed by atoms with Gasteiger partial charge in [0.05, 0.1) is 18.2 Å². The third-order valence-corrected chi connectivity index (χ3v) is 8.07. The van der Waals surface area contributed by atoms with Gasteiger partial charge in [0.25, 0.3) is 0 Å². The van der Waals surface area contributed by atoms with Crippen molar-refractivity contribution in [2.24, 2.45) is 5.92 Å². The molecule has 1 aromatic rings. The number of nitrogens with zero attached hydrogens (tertiary/aromatic N) is 1. The Hall–Kier alpha value is -2.97. The Labute approximate surface area is 231 Å². The van der Waals surface area contributed by atoms with Crippen molar-refractivity contribution in [2.75, 3.05) is 6.61 Å². The third kappa shape index (κ3) is 7.17. The van der Waals surface area contributed by atoms with Gasteiger partial charge in [-0.3, -0.25) is 9.59 Å². The number of hydrogen-bond donors (Lipinski definition) is 2. The van der Waals surface area contributed by atoms with Crippen molar-refractivity contribution >= 4 is 23.9 Å². The molecule has 39 heavy (non-hydrogen) atoms. The summed E-state index contributed by atoms with van der Waals surface area (Å²) in [5.74, 6) is -0.998. The largest absolute Gasteiger partial charge is 0.461 e. The third-order valence-electron chi connectivity index (χ3n) is 8.07. The van der Waals surface area contributed by atoms with Gasteiger partial charge in [-0.05, 0) is 63.5 Å². The summed E-state index contributed by atoms with van der Waals surface area (Å²) in [5.41, 5.74) is -0.0779. The van der Waals surface area contributed by atoms with Crippen molar-refractivity contribution in [3.8, 4) is 0 Å². The second-order valence-electron chi connectivity index (χ2n) is 11.0. The van der Waals surface area contributed by atoms with Crippen molar-refractivity contribution < 1.29 is 29.0 Å². The highest BCUT2D eigenvalue weighted by molar-refractivity contribution is 5.85. The van der Waals surface area contributed by atoms with Crippen molar-refractivity contribution in [1.29, 1.82) is 0 Å². The molecular weight excluding hydrogens is 496 g/mol. The molecule has 6 atom stereocenters. The van der Waals surface area contributed by atoms with Crippen LogP contribution in [0.1, 0.15) is 77.2 Å². The number of amides is 2. The molecule has 212 valence electrons. The zero-order valence-electron chi connectivity index (χ0n) is 23.1. The van der Waals surface area contributed by atoms with Crippen molar-refractivity contribution in [3.05, 3.63) is 54.1 Å². The van der Waals surface area contributed by atoms with E-state index in [-0.39, 0.29) is 49.0 Å². The lowest BCUT2D eigenvalue weighted by Crippen LogP contribution is -2.72. The highest BCUT2D eigenvalue weighted by atomic mass is 16.6. The number of aliphatic hydroxyl groups excluding tert-OH is 1. The van der Waals surface area contributed by atoms with Crippen molar-refractivity contribution in [2.45, 2.75) is 102 Å². The number of benzene rings is 1. The van der Waals surface area contributed by atoms with Gasteiger partial charge in [0.2, 0.25) is 0 Å². The molecular formula is C31H42N2O6. The first-order chi connectivity index (χ1) is 18.8. The molecule has 2 amide bonds. The highest BCUT2D eigenvalue weighted by Crippen LogP contribution is 2.45. The molecule has 8 nitrogen and oxygen atoms in total. The average molecular weight is 539 g/mol. The van der Waals surface area contributed by atoms with Gasteiger partial charge < -0.3 is 24.8 Å². The molecule has 0 unspecified atom stereocenters. The minimum absolute atomic E-state index is 0.0667. The topological polar surface area (TPSA) is 105 Å². The SMILES string of the molecule is CC[C@H](O)/C=C/CCC(=O)C[C@@H]1CC[C@@H]2[C@@H](C(=O)OC/C=C/c3ccccc3)[C@]3(CCC[C@@H](C)O3)NC(=O)N12. The maximum Gasteiger partial charge on any atom is 0.320 e. The molecule has 3 fully saturated rings. The molecule has 4 rings (SSSR count). The zero-order chi connectivity index (χ0) is 27.8. The van der Waals surface area contributed by atoms with E-state index in [0.717, 1.165) is 18.4 Å². The number of rotatable bonds is 11. The van der Waals surface area contributed by atoms with E-state index >= 15 is 0 Å². The summed E-state index contributed by atoms with van der Waals surface area (Å²) in [5, 5.41) is 12.7. The fourth-order valence-electron chi connectivity index (χ4n) is 6.15. The Balaban J connectivity index is 1.44. The molecule has 3 heterocycles. The molecule has 0 aromatic heterocycles. The van der Waals surface area contributed by atoms with Crippen LogP contribution in [0.4, 0.5) is 4.79 Å². The van der Waals surface area contributed by atoms with Gasteiger partial charge in [0.1, 0.15) is 18.3 Å². The lowest BCUT2D eigenvalue weighted by Gasteiger charge is -2.52. The number of carbonyl (C=O) groups excluding carboxylic acids is 3. The second kappa shape index (κ2) is 13.4. The first-order valence-corrected chi connectivity index (χ1v) is 14.4. The molecule has 2 N–H and O–H groups in total. The van der Waals surface area contributed by atoms with Crippen LogP contribution in [-0.4, -0.2) is 64.4 Å². The molecule has 0 radical (unpaired) electrons. The summed E-state index contributed by atoms with van der Waals surface area (Å²) in [4.78, 5) is 41.5. The molecule has 0 aliphatic carbocycles. The van der Waals surface area contributed by atoms with Gasteiger partial charge in [-0.2, -0.15) is 0 Å². The molecule has 0 saturated carbocycles. The number of fused-ring (bicyclic) bond motifs is 1. The standard InChI is InChI=1S/C31H42N2O6/c1-3-25(34)15-7-8-16-26(35)21-24-17-18-27-28(29(36)38-20-10-14-23-12-5-4-6-13-23)31(32-30(37)33(24)27)19-9-11-22(2)39-31/h4-7,10,12-15,22,24-25,27-28,34H,3,8-9,11,16-21H2,1-2H3,(H,32,37)/b14-10+,15-7+/t22-,24+,25+,27-,28+,31-/m1/s1. The average Bonchev–Trinajstić information content (AvgIpc) is 3.32.